The molecule has 0 aromatic rings. The molecule has 0 aliphatic rings. The first-order valence-electron chi connectivity index (χ1n) is 41.4. The maximum atomic E-state index is 13.6. The quantitative estimate of drug-likeness (QED) is 0.0159. The molecule has 0 spiro atoms. The normalized spacial score (nSPS) is 14.2. The molecule has 10 N–H and O–H groups in total. The summed E-state index contributed by atoms with van der Waals surface area (Å²) in [6.45, 7) is 12.9. The minimum absolute atomic E-state index is 0.0769. The Morgan fingerprint density at radius 2 is 0.657 bits per heavy atom. The smallest absolute Gasteiger partial charge is 0.381 e. The molecule has 0 aliphatic carbocycles. The van der Waals surface area contributed by atoms with E-state index < -0.39 is 48.5 Å². The lowest BCUT2D eigenvalue weighted by molar-refractivity contribution is -0.0556. The molecule has 5 unspecified atom stereocenters. The minimum Gasteiger partial charge on any atom is -0.381 e. The van der Waals surface area contributed by atoms with E-state index in [0.717, 1.165) is 71.1 Å². The number of nitrogens with one attached hydrogen (secondary N) is 3. The zero-order chi connectivity index (χ0) is 79.0. The molecular formula is C76H166N6O18P5+. The number of hydrogen-bond acceptors (Lipinski definition) is 21. The summed E-state index contributed by atoms with van der Waals surface area (Å²) in [5.41, 5.74) is 12.1. The second kappa shape index (κ2) is 81.8. The summed E-state index contributed by atoms with van der Waals surface area (Å²) in [5, 5.41) is 12.2. The molecule has 0 heterocycles. The first-order valence-corrected chi connectivity index (χ1v) is 49.0. The van der Waals surface area contributed by atoms with E-state index in [-0.39, 0.29) is 32.5 Å². The summed E-state index contributed by atoms with van der Waals surface area (Å²) in [7, 11) is -8.68. The van der Waals surface area contributed by atoms with Crippen molar-refractivity contribution < 1.29 is 83.6 Å². The number of nitriles is 1. The van der Waals surface area contributed by atoms with Gasteiger partial charge in [0, 0.05) is 67.4 Å². The first-order chi connectivity index (χ1) is 50.6. The van der Waals surface area contributed by atoms with Gasteiger partial charge in [-0.3, -0.25) is 18.3 Å². The predicted octanol–water partition coefficient (Wildman–Crippen LogP) is 21.1. The van der Waals surface area contributed by atoms with Crippen molar-refractivity contribution in [3.63, 3.8) is 0 Å². The molecule has 632 valence electrons. The molecule has 0 saturated carbocycles. The van der Waals surface area contributed by atoms with Crippen LogP contribution in [0.15, 0.2) is 0 Å². The van der Waals surface area contributed by atoms with Crippen LogP contribution in [-0.4, -0.2) is 160 Å². The van der Waals surface area contributed by atoms with E-state index in [1.54, 1.807) is 14.1 Å². The van der Waals surface area contributed by atoms with Crippen LogP contribution in [0, 0.1) is 11.3 Å². The standard InChI is InChI=1S/C27H60N2O7P2.C24H54N2O7P2.C20H42O4P.C5H10N2/c1-6-7-8-9-10-11-12-13-14-15-16-17-18-19-24-35-25-21-26-36-38(31,34-5)27(28,22-20-23-29-2)37(30,32-3)33-4;1-3-4-5-6-7-8-9-10-11-12-13-14-15-16-21-32-22-18-23-33-35(30,31)24(25,34(27,28)29)19-17-20-26-2;1-3-4-5-6-7-8-11-14-17-23-20-24-18-15-12-9-10-13-16-19-25(21)22-2;1-7-5-3-2-4-6/h29H,6-26,28H2,1-5H3;26H,3-23,25H2,1-2H3,(H,30,31)(H2,27,28,29);3-20H2,1-2H3;7H,2-3,5H2,1H3/q;;+1;. The van der Waals surface area contributed by atoms with Gasteiger partial charge in [-0.25, -0.2) is 0 Å². The van der Waals surface area contributed by atoms with E-state index in [9.17, 15) is 37.5 Å². The molecule has 0 fully saturated rings. The molecule has 29 heteroatoms. The number of nitrogens with two attached hydrogens (primary N) is 2. The minimum atomic E-state index is -5.06. The largest absolute Gasteiger partial charge is 0.507 e. The van der Waals surface area contributed by atoms with Gasteiger partial charge < -0.3 is 83.7 Å². The molecule has 24 nitrogen and oxygen atoms in total. The van der Waals surface area contributed by atoms with Crippen molar-refractivity contribution in [1.82, 2.24) is 16.0 Å². The Morgan fingerprint density at radius 3 is 0.962 bits per heavy atom. The second-order valence-electron chi connectivity index (χ2n) is 27.7. The molecule has 0 amide bonds. The molecule has 0 aromatic heterocycles. The first kappa shape index (κ1) is 111. The number of rotatable bonds is 79. The zero-order valence-corrected chi connectivity index (χ0v) is 73.3. The van der Waals surface area contributed by atoms with E-state index >= 15 is 0 Å². The third-order valence-electron chi connectivity index (χ3n) is 18.4. The number of nitrogens with zero attached hydrogens (tertiary/aromatic N) is 1. The maximum Gasteiger partial charge on any atom is 0.507 e. The predicted molar refractivity (Wildman–Crippen MR) is 437 cm³/mol. The third-order valence-corrected chi connectivity index (χ3v) is 29.8. The Balaban J connectivity index is -0.000000707. The van der Waals surface area contributed by atoms with Gasteiger partial charge in [0.2, 0.25) is 10.0 Å². The Morgan fingerprint density at radius 1 is 0.371 bits per heavy atom. The molecule has 0 aliphatic heterocycles. The van der Waals surface area contributed by atoms with Crippen molar-refractivity contribution in [3.8, 4) is 6.07 Å². The van der Waals surface area contributed by atoms with Gasteiger partial charge in [-0.05, 0) is 129 Å². The number of unbranched alkanes of at least 4 members (excludes halogenated alkanes) is 39. The van der Waals surface area contributed by atoms with Crippen LogP contribution in [-0.2, 0) is 68.9 Å². The molecule has 0 saturated heterocycles. The van der Waals surface area contributed by atoms with E-state index in [0.29, 0.717) is 78.2 Å². The van der Waals surface area contributed by atoms with Crippen molar-refractivity contribution in [2.45, 2.75) is 352 Å². The summed E-state index contributed by atoms with van der Waals surface area (Å²) < 4.78 is 115. The van der Waals surface area contributed by atoms with Crippen LogP contribution in [0.3, 0.4) is 0 Å². The average molecular weight is 1610 g/mol. The highest BCUT2D eigenvalue weighted by molar-refractivity contribution is 7.74. The average Bonchev–Trinajstić information content (AvgIpc) is 0.757. The summed E-state index contributed by atoms with van der Waals surface area (Å²) in [5.74, 6) is 0. The fraction of sp³-hybridized carbons (Fsp3) is 0.987. The Bertz CT molecular complexity index is 2070. The van der Waals surface area contributed by atoms with E-state index in [1.165, 1.54) is 253 Å². The van der Waals surface area contributed by atoms with Crippen molar-refractivity contribution in [2.24, 2.45) is 11.5 Å². The summed E-state index contributed by atoms with van der Waals surface area (Å²) in [6, 6.07) is 2.06. The Kier molecular flexibility index (Phi) is 86.6. The molecule has 0 radical (unpaired) electrons. The fourth-order valence-electron chi connectivity index (χ4n) is 11.6. The van der Waals surface area contributed by atoms with Crippen LogP contribution in [0.5, 0.6) is 0 Å². The second-order valence-corrected chi connectivity index (χ2v) is 38.8. The van der Waals surface area contributed by atoms with Gasteiger partial charge in [0.05, 0.1) is 26.4 Å². The maximum absolute atomic E-state index is 13.6. The zero-order valence-electron chi connectivity index (χ0n) is 68.9. The van der Waals surface area contributed by atoms with Gasteiger partial charge in [-0.2, -0.15) is 5.26 Å². The lowest BCUT2D eigenvalue weighted by atomic mass is 10.0. The van der Waals surface area contributed by atoms with Crippen LogP contribution in [0.4, 0.5) is 0 Å². The van der Waals surface area contributed by atoms with Crippen LogP contribution >= 0.6 is 38.4 Å². The van der Waals surface area contributed by atoms with E-state index in [2.05, 4.69) is 42.8 Å². The number of ether oxygens (including phenoxy) is 4. The van der Waals surface area contributed by atoms with Crippen LogP contribution < -0.4 is 27.4 Å². The van der Waals surface area contributed by atoms with Gasteiger partial charge in [0.25, 0.3) is 0 Å². The highest BCUT2D eigenvalue weighted by Gasteiger charge is 2.62. The topological polar surface area (TPSA) is 350 Å². The van der Waals surface area contributed by atoms with E-state index in [4.69, 9.17) is 62.8 Å². The lowest BCUT2D eigenvalue weighted by Crippen LogP contribution is -2.42. The monoisotopic (exact) mass is 1610 g/mol. The highest BCUT2D eigenvalue weighted by Crippen LogP contribution is 2.76. The molecule has 105 heavy (non-hydrogen) atoms. The van der Waals surface area contributed by atoms with Gasteiger partial charge in [-0.1, -0.05) is 252 Å². The highest BCUT2D eigenvalue weighted by atomic mass is 31.2. The van der Waals surface area contributed by atoms with Gasteiger partial charge in [-0.15, -0.1) is 4.52 Å². The summed E-state index contributed by atoms with van der Waals surface area (Å²) in [4.78, 5) is 29.3. The number of hydrogen-bond donors (Lipinski definition) is 8. The van der Waals surface area contributed by atoms with E-state index in [1.807, 2.05) is 7.05 Å². The van der Waals surface area contributed by atoms with Crippen molar-refractivity contribution in [3.05, 3.63) is 0 Å². The molecule has 5 atom stereocenters. The molecule has 0 aromatic carbocycles. The SMILES string of the molecule is CCCCCCCCCCCCCCCCOCCCOP(=O)(O)C(N)(CCCNC)P(=O)(O)O.CCCCCCCCCCCCCCCCOCCCOP(=O)(OC)C(N)(CCCNC)P(=O)(OC)OC.CCCCCCCCCCOCOCCCCCCCC[P+](=O)OC.CNCCCC#N. The van der Waals surface area contributed by atoms with Gasteiger partial charge in [0.1, 0.15) is 6.79 Å². The third kappa shape index (κ3) is 65.9. The molecular weight excluding hydrogens is 1440 g/mol. The van der Waals surface area contributed by atoms with Gasteiger partial charge >= 0.3 is 38.4 Å². The van der Waals surface area contributed by atoms with Crippen LogP contribution in [0.25, 0.3) is 0 Å². The van der Waals surface area contributed by atoms with Gasteiger partial charge in [0.15, 0.2) is 6.16 Å². The summed E-state index contributed by atoms with van der Waals surface area (Å²) in [6.07, 6.45) is 58.0. The molecule has 0 bridgehead atoms. The fourth-order valence-corrected chi connectivity index (χ4v) is 20.0. The Hall–Kier alpha value is -0.210. The lowest BCUT2D eigenvalue weighted by Gasteiger charge is -2.38. The van der Waals surface area contributed by atoms with Crippen molar-refractivity contribution >= 4 is 38.4 Å². The Labute approximate surface area is 644 Å². The summed E-state index contributed by atoms with van der Waals surface area (Å²) >= 11 is 0. The van der Waals surface area contributed by atoms with Crippen LogP contribution in [0.2, 0.25) is 0 Å². The van der Waals surface area contributed by atoms with Crippen molar-refractivity contribution in [1.29, 1.82) is 5.26 Å². The molecule has 0 rings (SSSR count). The van der Waals surface area contributed by atoms with Crippen LogP contribution in [0.1, 0.15) is 342 Å². The van der Waals surface area contributed by atoms with Crippen molar-refractivity contribution in [2.75, 3.05) is 135 Å².